The molecule has 0 spiro atoms. The van der Waals surface area contributed by atoms with Crippen molar-refractivity contribution in [3.63, 3.8) is 0 Å². The van der Waals surface area contributed by atoms with Gasteiger partial charge in [-0.3, -0.25) is 4.79 Å². The zero-order valence-corrected chi connectivity index (χ0v) is 19.2. The summed E-state index contributed by atoms with van der Waals surface area (Å²) in [6, 6.07) is 13.9. The van der Waals surface area contributed by atoms with Crippen molar-refractivity contribution in [3.05, 3.63) is 59.0 Å². The normalized spacial score (nSPS) is 11.1. The second-order valence-electron chi connectivity index (χ2n) is 8.29. The summed E-state index contributed by atoms with van der Waals surface area (Å²) in [7, 11) is 3.29. The molecule has 2 aromatic carbocycles. The lowest BCUT2D eigenvalue weighted by molar-refractivity contribution is -0.115. The maximum Gasteiger partial charge on any atom is 0.408 e. The summed E-state index contributed by atoms with van der Waals surface area (Å²) >= 11 is 0. The molecule has 0 aliphatic heterocycles. The lowest BCUT2D eigenvalue weighted by Crippen LogP contribution is -2.37. The van der Waals surface area contributed by atoms with Gasteiger partial charge in [0, 0.05) is 24.2 Å². The zero-order valence-electron chi connectivity index (χ0n) is 19.2. The number of rotatable bonds is 6. The molecular weight excluding hydrogens is 426 g/mol. The molecule has 33 heavy (non-hydrogen) atoms. The zero-order chi connectivity index (χ0) is 24.2. The number of amides is 2. The Kier molecular flexibility index (Phi) is 6.91. The second kappa shape index (κ2) is 9.64. The first kappa shape index (κ1) is 23.6. The molecule has 0 bridgehead atoms. The minimum atomic E-state index is -0.687. The standard InChI is InChI=1S/C24H27N3O6/c1-24(2,3)33-23(30)25-14-21(28)26-17-12-15(10-11-20(17)31-5)27(4)18-13-22(29)32-19-9-7-6-8-16(18)19/h6-13H,14H2,1-5H3,(H,25,30)(H,26,28). The molecule has 0 saturated carbocycles. The first-order chi connectivity index (χ1) is 15.6. The Bertz CT molecular complexity index is 1230. The molecule has 0 atom stereocenters. The molecule has 9 heteroatoms. The summed E-state index contributed by atoms with van der Waals surface area (Å²) in [4.78, 5) is 38.1. The van der Waals surface area contributed by atoms with Gasteiger partial charge in [0.15, 0.2) is 0 Å². The van der Waals surface area contributed by atoms with Crippen LogP contribution in [-0.4, -0.2) is 38.3 Å². The molecule has 2 amide bonds. The van der Waals surface area contributed by atoms with Crippen LogP contribution in [0.5, 0.6) is 5.75 Å². The van der Waals surface area contributed by atoms with E-state index in [0.717, 1.165) is 5.39 Å². The number of alkyl carbamates (subject to hydrolysis) is 1. The molecule has 0 aliphatic rings. The van der Waals surface area contributed by atoms with E-state index in [1.165, 1.54) is 13.2 Å². The number of benzene rings is 2. The van der Waals surface area contributed by atoms with Crippen molar-refractivity contribution in [1.82, 2.24) is 5.32 Å². The van der Waals surface area contributed by atoms with Crippen LogP contribution in [-0.2, 0) is 9.53 Å². The van der Waals surface area contributed by atoms with Crippen molar-refractivity contribution >= 4 is 40.0 Å². The van der Waals surface area contributed by atoms with E-state index >= 15 is 0 Å². The van der Waals surface area contributed by atoms with E-state index in [1.807, 2.05) is 17.0 Å². The molecule has 9 nitrogen and oxygen atoms in total. The molecular formula is C24H27N3O6. The summed E-state index contributed by atoms with van der Waals surface area (Å²) in [5.74, 6) is -0.0139. The number of fused-ring (bicyclic) bond motifs is 1. The van der Waals surface area contributed by atoms with Crippen molar-refractivity contribution in [2.45, 2.75) is 26.4 Å². The number of ether oxygens (including phenoxy) is 2. The maximum absolute atomic E-state index is 12.4. The Morgan fingerprint density at radius 1 is 1.09 bits per heavy atom. The lowest BCUT2D eigenvalue weighted by Gasteiger charge is -2.22. The van der Waals surface area contributed by atoms with Gasteiger partial charge in [0.1, 0.15) is 23.5 Å². The number of para-hydroxylation sites is 1. The average Bonchev–Trinajstić information content (AvgIpc) is 2.75. The van der Waals surface area contributed by atoms with Gasteiger partial charge >= 0.3 is 11.7 Å². The molecule has 0 unspecified atom stereocenters. The van der Waals surface area contributed by atoms with E-state index in [9.17, 15) is 14.4 Å². The number of carbonyl (C=O) groups excluding carboxylic acids is 2. The molecule has 3 aromatic rings. The Labute approximate surface area is 191 Å². The molecule has 2 N–H and O–H groups in total. The molecule has 1 aromatic heterocycles. The van der Waals surface area contributed by atoms with E-state index in [1.54, 1.807) is 58.2 Å². The third kappa shape index (κ3) is 6.03. The smallest absolute Gasteiger partial charge is 0.408 e. The number of hydrogen-bond acceptors (Lipinski definition) is 7. The van der Waals surface area contributed by atoms with Gasteiger partial charge in [-0.1, -0.05) is 12.1 Å². The van der Waals surface area contributed by atoms with Crippen molar-refractivity contribution in [3.8, 4) is 5.75 Å². The second-order valence-corrected chi connectivity index (χ2v) is 8.29. The van der Waals surface area contributed by atoms with Gasteiger partial charge < -0.3 is 29.4 Å². The van der Waals surface area contributed by atoms with Gasteiger partial charge in [-0.2, -0.15) is 0 Å². The lowest BCUT2D eigenvalue weighted by atomic mass is 10.1. The monoisotopic (exact) mass is 453 g/mol. The highest BCUT2D eigenvalue weighted by atomic mass is 16.6. The van der Waals surface area contributed by atoms with Gasteiger partial charge in [0.05, 0.1) is 18.5 Å². The predicted molar refractivity (Wildman–Crippen MR) is 126 cm³/mol. The van der Waals surface area contributed by atoms with Crippen molar-refractivity contribution < 1.29 is 23.5 Å². The third-order valence-electron chi connectivity index (χ3n) is 4.63. The number of anilines is 3. The number of carbonyl (C=O) groups is 2. The highest BCUT2D eigenvalue weighted by molar-refractivity contribution is 5.97. The van der Waals surface area contributed by atoms with Gasteiger partial charge in [-0.15, -0.1) is 0 Å². The maximum atomic E-state index is 12.4. The largest absolute Gasteiger partial charge is 0.495 e. The highest BCUT2D eigenvalue weighted by Gasteiger charge is 2.18. The summed E-state index contributed by atoms with van der Waals surface area (Å²) in [5, 5.41) is 5.92. The van der Waals surface area contributed by atoms with Crippen LogP contribution in [0.25, 0.3) is 11.0 Å². The average molecular weight is 453 g/mol. The Hall–Kier alpha value is -4.01. The first-order valence-electron chi connectivity index (χ1n) is 10.3. The van der Waals surface area contributed by atoms with Crippen LogP contribution in [0.1, 0.15) is 20.8 Å². The van der Waals surface area contributed by atoms with E-state index in [2.05, 4.69) is 10.6 Å². The molecule has 1 heterocycles. The van der Waals surface area contributed by atoms with Crippen LogP contribution in [0.3, 0.4) is 0 Å². The van der Waals surface area contributed by atoms with Crippen LogP contribution in [0.15, 0.2) is 57.7 Å². The molecule has 0 aliphatic carbocycles. The van der Waals surface area contributed by atoms with E-state index in [0.29, 0.717) is 28.4 Å². The van der Waals surface area contributed by atoms with Crippen molar-refractivity contribution in [2.24, 2.45) is 0 Å². The van der Waals surface area contributed by atoms with Crippen LogP contribution in [0, 0.1) is 0 Å². The summed E-state index contributed by atoms with van der Waals surface area (Å²) in [5.41, 5.74) is 1.09. The minimum Gasteiger partial charge on any atom is -0.495 e. The van der Waals surface area contributed by atoms with Crippen molar-refractivity contribution in [2.75, 3.05) is 30.9 Å². The number of methoxy groups -OCH3 is 1. The van der Waals surface area contributed by atoms with E-state index < -0.39 is 23.2 Å². The third-order valence-corrected chi connectivity index (χ3v) is 4.63. The Balaban J connectivity index is 1.82. The number of hydrogen-bond donors (Lipinski definition) is 2. The summed E-state index contributed by atoms with van der Waals surface area (Å²) in [6.07, 6.45) is -0.687. The van der Waals surface area contributed by atoms with Crippen LogP contribution in [0.4, 0.5) is 21.9 Å². The van der Waals surface area contributed by atoms with E-state index in [4.69, 9.17) is 13.9 Å². The van der Waals surface area contributed by atoms with Crippen molar-refractivity contribution in [1.29, 1.82) is 0 Å². The fourth-order valence-electron chi connectivity index (χ4n) is 3.17. The highest BCUT2D eigenvalue weighted by Crippen LogP contribution is 2.34. The fraction of sp³-hybridized carbons (Fsp3) is 0.292. The number of nitrogens with one attached hydrogen (secondary N) is 2. The van der Waals surface area contributed by atoms with Crippen LogP contribution in [0.2, 0.25) is 0 Å². The minimum absolute atomic E-state index is 0.275. The Morgan fingerprint density at radius 3 is 2.52 bits per heavy atom. The molecule has 0 radical (unpaired) electrons. The topological polar surface area (TPSA) is 110 Å². The molecule has 0 fully saturated rings. The quantitative estimate of drug-likeness (QED) is 0.542. The van der Waals surface area contributed by atoms with Gasteiger partial charge in [-0.25, -0.2) is 9.59 Å². The van der Waals surface area contributed by atoms with Gasteiger partial charge in [0.25, 0.3) is 0 Å². The Morgan fingerprint density at radius 2 is 1.82 bits per heavy atom. The van der Waals surface area contributed by atoms with Crippen LogP contribution >= 0.6 is 0 Å². The summed E-state index contributed by atoms with van der Waals surface area (Å²) in [6.45, 7) is 4.93. The molecule has 0 saturated heterocycles. The SMILES string of the molecule is COc1ccc(N(C)c2cc(=O)oc3ccccc23)cc1NC(=O)CNC(=O)OC(C)(C)C. The van der Waals surface area contributed by atoms with Gasteiger partial charge in [-0.05, 0) is 51.1 Å². The van der Waals surface area contributed by atoms with E-state index in [-0.39, 0.29) is 6.54 Å². The van der Waals surface area contributed by atoms with Gasteiger partial charge in [0.2, 0.25) is 5.91 Å². The first-order valence-corrected chi connectivity index (χ1v) is 10.3. The molecule has 3 rings (SSSR count). The summed E-state index contributed by atoms with van der Waals surface area (Å²) < 4.78 is 15.8. The fourth-order valence-corrected chi connectivity index (χ4v) is 3.17. The molecule has 174 valence electrons. The number of nitrogens with zero attached hydrogens (tertiary/aromatic N) is 1. The predicted octanol–water partition coefficient (Wildman–Crippen LogP) is 4.03. The van der Waals surface area contributed by atoms with Crippen LogP contribution < -0.4 is 25.9 Å².